The number of nitrogens with zero attached hydrogens (tertiary/aromatic N) is 2. The second-order valence-electron chi connectivity index (χ2n) is 4.67. The Bertz CT molecular complexity index is 511. The minimum absolute atomic E-state index is 0.0368. The third kappa shape index (κ3) is 4.53. The van der Waals surface area contributed by atoms with Crippen LogP contribution in [0.25, 0.3) is 0 Å². The summed E-state index contributed by atoms with van der Waals surface area (Å²) in [6, 6.07) is 7.78. The summed E-state index contributed by atoms with van der Waals surface area (Å²) in [6.07, 6.45) is 1.37. The van der Waals surface area contributed by atoms with Crippen molar-refractivity contribution in [3.8, 4) is 11.8 Å². The fourth-order valence-electron chi connectivity index (χ4n) is 1.88. The predicted octanol–water partition coefficient (Wildman–Crippen LogP) is 3.15. The van der Waals surface area contributed by atoms with Gasteiger partial charge in [0.2, 0.25) is 5.91 Å². The Morgan fingerprint density at radius 1 is 1.55 bits per heavy atom. The monoisotopic (exact) mass is 338 g/mol. The Balaban J connectivity index is 2.65. The highest BCUT2D eigenvalue weighted by atomic mass is 79.9. The summed E-state index contributed by atoms with van der Waals surface area (Å²) in [5.41, 5.74) is 0.997. The molecule has 1 atom stereocenters. The number of halogens is 1. The van der Waals surface area contributed by atoms with E-state index < -0.39 is 0 Å². The minimum Gasteiger partial charge on any atom is -0.496 e. The van der Waals surface area contributed by atoms with Crippen LogP contribution < -0.4 is 4.74 Å². The first kappa shape index (κ1) is 16.5. The fraction of sp³-hybridized carbons (Fsp3) is 0.467. The molecule has 1 rings (SSSR count). The molecular weight excluding hydrogens is 320 g/mol. The average Bonchev–Trinajstić information content (AvgIpc) is 2.44. The summed E-state index contributed by atoms with van der Waals surface area (Å²) in [5, 5.41) is 8.66. The standard InChI is InChI=1S/C15H19BrN2O2/c1-11(8-9-17)18(2)15(19)7-4-12-10-13(16)5-6-14(12)20-3/h5-6,10-11H,4,7-8H2,1-3H3. The van der Waals surface area contributed by atoms with E-state index in [1.807, 2.05) is 25.1 Å². The van der Waals surface area contributed by atoms with Crippen LogP contribution in [-0.4, -0.2) is 31.0 Å². The summed E-state index contributed by atoms with van der Waals surface area (Å²) in [7, 11) is 3.36. The van der Waals surface area contributed by atoms with Crippen LogP contribution in [0.5, 0.6) is 5.75 Å². The molecule has 1 unspecified atom stereocenters. The lowest BCUT2D eigenvalue weighted by Gasteiger charge is -2.23. The highest BCUT2D eigenvalue weighted by molar-refractivity contribution is 9.10. The highest BCUT2D eigenvalue weighted by Gasteiger charge is 2.16. The Morgan fingerprint density at radius 3 is 2.85 bits per heavy atom. The van der Waals surface area contributed by atoms with E-state index in [2.05, 4.69) is 22.0 Å². The number of ether oxygens (including phenoxy) is 1. The van der Waals surface area contributed by atoms with Crippen LogP contribution in [0, 0.1) is 11.3 Å². The molecule has 20 heavy (non-hydrogen) atoms. The summed E-state index contributed by atoms with van der Waals surface area (Å²) in [6.45, 7) is 1.88. The first-order valence-corrected chi connectivity index (χ1v) is 7.24. The van der Waals surface area contributed by atoms with Crippen molar-refractivity contribution in [1.29, 1.82) is 5.26 Å². The Kier molecular flexibility index (Phi) is 6.53. The van der Waals surface area contributed by atoms with Gasteiger partial charge in [-0.15, -0.1) is 0 Å². The molecule has 0 aliphatic carbocycles. The molecule has 5 heteroatoms. The number of methoxy groups -OCH3 is 1. The van der Waals surface area contributed by atoms with Crippen LogP contribution in [-0.2, 0) is 11.2 Å². The van der Waals surface area contributed by atoms with Crippen molar-refractivity contribution < 1.29 is 9.53 Å². The maximum absolute atomic E-state index is 12.1. The molecule has 0 radical (unpaired) electrons. The van der Waals surface area contributed by atoms with Gasteiger partial charge in [0.1, 0.15) is 5.75 Å². The van der Waals surface area contributed by atoms with E-state index in [1.165, 1.54) is 0 Å². The molecule has 0 heterocycles. The summed E-state index contributed by atoms with van der Waals surface area (Å²) < 4.78 is 6.26. The van der Waals surface area contributed by atoms with E-state index in [9.17, 15) is 4.79 Å². The lowest BCUT2D eigenvalue weighted by Crippen LogP contribution is -2.34. The van der Waals surface area contributed by atoms with E-state index in [0.29, 0.717) is 19.3 Å². The van der Waals surface area contributed by atoms with Crippen molar-refractivity contribution in [1.82, 2.24) is 4.90 Å². The third-order valence-electron chi connectivity index (χ3n) is 3.29. The number of benzene rings is 1. The minimum atomic E-state index is -0.0584. The van der Waals surface area contributed by atoms with Gasteiger partial charge in [0.25, 0.3) is 0 Å². The highest BCUT2D eigenvalue weighted by Crippen LogP contribution is 2.24. The lowest BCUT2D eigenvalue weighted by molar-refractivity contribution is -0.131. The normalized spacial score (nSPS) is 11.6. The summed E-state index contributed by atoms with van der Waals surface area (Å²) in [4.78, 5) is 13.7. The molecule has 1 aromatic rings. The van der Waals surface area contributed by atoms with Crippen molar-refractivity contribution >= 4 is 21.8 Å². The largest absolute Gasteiger partial charge is 0.496 e. The van der Waals surface area contributed by atoms with E-state index in [-0.39, 0.29) is 11.9 Å². The van der Waals surface area contributed by atoms with Gasteiger partial charge in [-0.2, -0.15) is 5.26 Å². The van der Waals surface area contributed by atoms with Crippen LogP contribution in [0.4, 0.5) is 0 Å². The number of hydrogen-bond donors (Lipinski definition) is 0. The zero-order valence-electron chi connectivity index (χ0n) is 12.0. The number of hydrogen-bond acceptors (Lipinski definition) is 3. The van der Waals surface area contributed by atoms with E-state index >= 15 is 0 Å². The molecule has 0 aliphatic rings. The van der Waals surface area contributed by atoms with Gasteiger partial charge in [-0.3, -0.25) is 4.79 Å². The first-order valence-electron chi connectivity index (χ1n) is 6.44. The molecule has 4 nitrogen and oxygen atoms in total. The number of nitriles is 1. The molecule has 0 N–H and O–H groups in total. The van der Waals surface area contributed by atoms with Gasteiger partial charge < -0.3 is 9.64 Å². The van der Waals surface area contributed by atoms with E-state index in [4.69, 9.17) is 10.00 Å². The van der Waals surface area contributed by atoms with Crippen molar-refractivity contribution in [2.75, 3.05) is 14.2 Å². The molecule has 1 aromatic carbocycles. The molecule has 108 valence electrons. The molecule has 0 bridgehead atoms. The van der Waals surface area contributed by atoms with Crippen LogP contribution >= 0.6 is 15.9 Å². The molecule has 0 fully saturated rings. The number of aryl methyl sites for hydroxylation is 1. The Morgan fingerprint density at radius 2 is 2.25 bits per heavy atom. The number of rotatable bonds is 6. The topological polar surface area (TPSA) is 53.3 Å². The molecule has 0 aliphatic heterocycles. The lowest BCUT2D eigenvalue weighted by atomic mass is 10.1. The first-order chi connectivity index (χ1) is 9.49. The van der Waals surface area contributed by atoms with Crippen LogP contribution in [0.3, 0.4) is 0 Å². The third-order valence-corrected chi connectivity index (χ3v) is 3.79. The van der Waals surface area contributed by atoms with Gasteiger partial charge in [-0.1, -0.05) is 15.9 Å². The molecule has 1 amide bonds. The van der Waals surface area contributed by atoms with E-state index in [0.717, 1.165) is 15.8 Å². The predicted molar refractivity (Wildman–Crippen MR) is 81.5 cm³/mol. The zero-order chi connectivity index (χ0) is 15.1. The zero-order valence-corrected chi connectivity index (χ0v) is 13.6. The van der Waals surface area contributed by atoms with Gasteiger partial charge in [0.05, 0.1) is 19.6 Å². The number of amides is 1. The van der Waals surface area contributed by atoms with Crippen LogP contribution in [0.15, 0.2) is 22.7 Å². The van der Waals surface area contributed by atoms with Crippen LogP contribution in [0.1, 0.15) is 25.3 Å². The van der Waals surface area contributed by atoms with Crippen molar-refractivity contribution in [3.05, 3.63) is 28.2 Å². The quantitative estimate of drug-likeness (QED) is 0.800. The molecule has 0 aromatic heterocycles. The van der Waals surface area contributed by atoms with Crippen molar-refractivity contribution in [2.24, 2.45) is 0 Å². The molecule has 0 saturated heterocycles. The van der Waals surface area contributed by atoms with Gasteiger partial charge in [-0.05, 0) is 37.1 Å². The fourth-order valence-corrected chi connectivity index (χ4v) is 2.28. The van der Waals surface area contributed by atoms with E-state index in [1.54, 1.807) is 19.1 Å². The number of carbonyl (C=O) groups excluding carboxylic acids is 1. The van der Waals surface area contributed by atoms with Crippen LogP contribution in [0.2, 0.25) is 0 Å². The Labute approximate surface area is 128 Å². The second-order valence-corrected chi connectivity index (χ2v) is 5.59. The second kappa shape index (κ2) is 7.91. The van der Waals surface area contributed by atoms with Gasteiger partial charge in [-0.25, -0.2) is 0 Å². The molecule has 0 saturated carbocycles. The van der Waals surface area contributed by atoms with Gasteiger partial charge in [0.15, 0.2) is 0 Å². The molecule has 0 spiro atoms. The SMILES string of the molecule is COc1ccc(Br)cc1CCC(=O)N(C)C(C)CC#N. The van der Waals surface area contributed by atoms with Crippen molar-refractivity contribution in [3.63, 3.8) is 0 Å². The Hall–Kier alpha value is -1.54. The van der Waals surface area contributed by atoms with Gasteiger partial charge in [0, 0.05) is 24.0 Å². The van der Waals surface area contributed by atoms with Gasteiger partial charge >= 0.3 is 0 Å². The average molecular weight is 339 g/mol. The van der Waals surface area contributed by atoms with Crippen molar-refractivity contribution in [2.45, 2.75) is 32.2 Å². The number of carbonyl (C=O) groups is 1. The summed E-state index contributed by atoms with van der Waals surface area (Å²) >= 11 is 3.42. The smallest absolute Gasteiger partial charge is 0.222 e. The summed E-state index contributed by atoms with van der Waals surface area (Å²) in [5.74, 6) is 0.823. The maximum Gasteiger partial charge on any atom is 0.222 e. The molecular formula is C15H19BrN2O2. The maximum atomic E-state index is 12.1.